The number of rotatable bonds is 4. The number of carbonyl (C=O) groups is 2. The summed E-state index contributed by atoms with van der Waals surface area (Å²) in [5.41, 5.74) is 0.530. The Morgan fingerprint density at radius 3 is 2.79 bits per heavy atom. The zero-order chi connectivity index (χ0) is 19.7. The van der Waals surface area contributed by atoms with Crippen LogP contribution in [0.1, 0.15) is 64.7 Å². The van der Waals surface area contributed by atoms with Crippen LogP contribution in [0.25, 0.3) is 0 Å². The Labute approximate surface area is 166 Å². The fourth-order valence-electron chi connectivity index (χ4n) is 8.53. The van der Waals surface area contributed by atoms with Crippen molar-refractivity contribution in [3.63, 3.8) is 0 Å². The number of hydrogen-bond acceptors (Lipinski definition) is 4. The van der Waals surface area contributed by atoms with Gasteiger partial charge in [0.05, 0.1) is 12.2 Å². The molecule has 0 saturated heterocycles. The number of carbonyl (C=O) groups excluding carboxylic acids is 1. The molecule has 0 heterocycles. The molecule has 0 spiro atoms. The molecule has 0 unspecified atom stereocenters. The van der Waals surface area contributed by atoms with E-state index >= 15 is 0 Å². The maximum atomic E-state index is 11.9. The van der Waals surface area contributed by atoms with Crippen molar-refractivity contribution in [2.24, 2.45) is 40.9 Å². The second kappa shape index (κ2) is 6.32. The lowest BCUT2D eigenvalue weighted by atomic mass is 9.47. The Morgan fingerprint density at radius 1 is 1.21 bits per heavy atom. The summed E-state index contributed by atoms with van der Waals surface area (Å²) in [6.07, 6.45) is 9.25. The van der Waals surface area contributed by atoms with Crippen LogP contribution >= 0.6 is 0 Å². The van der Waals surface area contributed by atoms with Crippen molar-refractivity contribution < 1.29 is 24.5 Å². The Kier molecular flexibility index (Phi) is 4.21. The average molecular weight is 389 g/mol. The van der Waals surface area contributed by atoms with Crippen LogP contribution in [0.3, 0.4) is 0 Å². The summed E-state index contributed by atoms with van der Waals surface area (Å²) in [6, 6.07) is 0. The summed E-state index contributed by atoms with van der Waals surface area (Å²) < 4.78 is 4.81. The maximum absolute atomic E-state index is 11.9. The van der Waals surface area contributed by atoms with Crippen molar-refractivity contribution >= 4 is 11.9 Å². The minimum absolute atomic E-state index is 0.0880. The molecule has 8 atom stereocenters. The van der Waals surface area contributed by atoms with Gasteiger partial charge in [-0.25, -0.2) is 4.79 Å². The topological polar surface area (TPSA) is 83.8 Å². The van der Waals surface area contributed by atoms with Crippen LogP contribution in [0.4, 0.5) is 4.79 Å². The molecule has 4 fully saturated rings. The van der Waals surface area contributed by atoms with Gasteiger partial charge in [0, 0.05) is 18.3 Å². The van der Waals surface area contributed by atoms with Gasteiger partial charge in [0.1, 0.15) is 0 Å². The fraction of sp³-hybridized carbons (Fsp3) is 0.826. The zero-order valence-corrected chi connectivity index (χ0v) is 16.7. The van der Waals surface area contributed by atoms with E-state index in [4.69, 9.17) is 9.84 Å². The third-order valence-corrected chi connectivity index (χ3v) is 9.50. The van der Waals surface area contributed by atoms with Crippen molar-refractivity contribution in [2.45, 2.75) is 70.3 Å². The predicted octanol–water partition coefficient (Wildman–Crippen LogP) is 4.19. The summed E-state index contributed by atoms with van der Waals surface area (Å²) >= 11 is 0. The van der Waals surface area contributed by atoms with Gasteiger partial charge >= 0.3 is 6.16 Å². The van der Waals surface area contributed by atoms with Gasteiger partial charge in [-0.15, -0.1) is 0 Å². The maximum Gasteiger partial charge on any atom is 0.505 e. The molecule has 4 saturated carbocycles. The lowest BCUT2D eigenvalue weighted by molar-refractivity contribution is -0.159. The molecule has 0 aromatic carbocycles. The van der Waals surface area contributed by atoms with Crippen molar-refractivity contribution in [3.8, 4) is 0 Å². The van der Waals surface area contributed by atoms with Gasteiger partial charge < -0.3 is 14.9 Å². The summed E-state index contributed by atoms with van der Waals surface area (Å²) in [7, 11) is 0. The van der Waals surface area contributed by atoms with Crippen LogP contribution in [-0.2, 0) is 9.53 Å². The monoisotopic (exact) mass is 388 g/mol. The number of fused-ring (bicyclic) bond motifs is 7. The first-order valence-electron chi connectivity index (χ1n) is 11.2. The number of ether oxygens (including phenoxy) is 1. The Bertz CT molecular complexity index is 729. The van der Waals surface area contributed by atoms with E-state index in [1.165, 1.54) is 5.57 Å². The summed E-state index contributed by atoms with van der Waals surface area (Å²) in [5.74, 6) is 3.66. The molecule has 154 valence electrons. The van der Waals surface area contributed by atoms with E-state index in [1.807, 2.05) is 6.08 Å². The van der Waals surface area contributed by atoms with Gasteiger partial charge in [-0.05, 0) is 86.5 Å². The zero-order valence-electron chi connectivity index (χ0n) is 16.7. The normalized spacial score (nSPS) is 48.6. The van der Waals surface area contributed by atoms with Gasteiger partial charge in [-0.2, -0.15) is 0 Å². The first-order chi connectivity index (χ1) is 13.4. The SMILES string of the molecule is CC[C@]12CC[C@H]3[C@@H](CCC4=CC(=O)CC[C@@H]43)[C@@H]1[C@H]1C[C@H]1[C@@]2(O)CCOC(=O)O. The first-order valence-corrected chi connectivity index (χ1v) is 11.2. The third-order valence-electron chi connectivity index (χ3n) is 9.50. The van der Waals surface area contributed by atoms with Crippen molar-refractivity contribution in [1.29, 1.82) is 0 Å². The van der Waals surface area contributed by atoms with Crippen LogP contribution in [0, 0.1) is 40.9 Å². The van der Waals surface area contributed by atoms with E-state index in [0.29, 0.717) is 54.1 Å². The van der Waals surface area contributed by atoms with Gasteiger partial charge in [-0.3, -0.25) is 4.79 Å². The molecular weight excluding hydrogens is 356 g/mol. The molecule has 0 bridgehead atoms. The van der Waals surface area contributed by atoms with Gasteiger partial charge in [-0.1, -0.05) is 12.5 Å². The van der Waals surface area contributed by atoms with E-state index in [-0.39, 0.29) is 12.0 Å². The van der Waals surface area contributed by atoms with E-state index < -0.39 is 11.8 Å². The quantitative estimate of drug-likeness (QED) is 0.706. The van der Waals surface area contributed by atoms with Crippen LogP contribution in [0.15, 0.2) is 11.6 Å². The standard InChI is InChI=1S/C23H32O5/c1-2-22-8-7-16-15-6-4-14(24)11-13(15)3-5-17(16)20(22)18-12-19(18)23(22,27)9-10-28-21(25)26/h11,15-20,27H,2-10,12H2,1H3,(H,25,26)/t15-,16+,17+,18-,19+,20+,22-,23-/m0/s1. The molecule has 0 aliphatic heterocycles. The molecule has 5 aliphatic carbocycles. The minimum atomic E-state index is -1.25. The molecule has 2 N–H and O–H groups in total. The summed E-state index contributed by atoms with van der Waals surface area (Å²) in [4.78, 5) is 22.7. The molecular formula is C23H32O5. The van der Waals surface area contributed by atoms with Crippen LogP contribution in [0.5, 0.6) is 0 Å². The molecule has 5 rings (SSSR count). The first kappa shape index (κ1) is 18.7. The lowest BCUT2D eigenvalue weighted by Crippen LogP contribution is -2.56. The fourth-order valence-corrected chi connectivity index (χ4v) is 8.53. The van der Waals surface area contributed by atoms with Crippen molar-refractivity contribution in [1.82, 2.24) is 0 Å². The van der Waals surface area contributed by atoms with Gasteiger partial charge in [0.25, 0.3) is 0 Å². The minimum Gasteiger partial charge on any atom is -0.450 e. The average Bonchev–Trinajstić information content (AvgIpc) is 3.43. The molecule has 28 heavy (non-hydrogen) atoms. The second-order valence-electron chi connectivity index (χ2n) is 10.1. The molecule has 0 aromatic rings. The Hall–Kier alpha value is -1.36. The number of hydrogen-bond donors (Lipinski definition) is 2. The van der Waals surface area contributed by atoms with Crippen molar-refractivity contribution in [2.75, 3.05) is 6.61 Å². The molecule has 5 aliphatic rings. The number of carboxylic acid groups (broad SMARTS) is 1. The van der Waals surface area contributed by atoms with Gasteiger partial charge in [0.15, 0.2) is 5.78 Å². The number of ketones is 1. The van der Waals surface area contributed by atoms with E-state index in [2.05, 4.69) is 6.92 Å². The van der Waals surface area contributed by atoms with Crippen LogP contribution in [0.2, 0.25) is 0 Å². The Morgan fingerprint density at radius 2 is 2.04 bits per heavy atom. The lowest BCUT2D eigenvalue weighted by Gasteiger charge is -2.58. The summed E-state index contributed by atoms with van der Waals surface area (Å²) in [5, 5.41) is 20.7. The van der Waals surface area contributed by atoms with E-state index in [0.717, 1.165) is 44.9 Å². The van der Waals surface area contributed by atoms with Gasteiger partial charge in [0.2, 0.25) is 0 Å². The molecule has 0 radical (unpaired) electrons. The third kappa shape index (κ3) is 2.41. The number of allylic oxidation sites excluding steroid dienone is 1. The van der Waals surface area contributed by atoms with Crippen molar-refractivity contribution in [3.05, 3.63) is 11.6 Å². The molecule has 0 amide bonds. The highest BCUT2D eigenvalue weighted by Gasteiger charge is 2.76. The highest BCUT2D eigenvalue weighted by atomic mass is 16.7. The highest BCUT2D eigenvalue weighted by Crippen LogP contribution is 2.77. The van der Waals surface area contributed by atoms with Crippen LogP contribution in [-0.4, -0.2) is 34.4 Å². The molecule has 5 heteroatoms. The summed E-state index contributed by atoms with van der Waals surface area (Å²) in [6.45, 7) is 2.31. The van der Waals surface area contributed by atoms with Crippen LogP contribution < -0.4 is 0 Å². The Balaban J connectivity index is 1.43. The second-order valence-corrected chi connectivity index (χ2v) is 10.1. The smallest absolute Gasteiger partial charge is 0.450 e. The van der Waals surface area contributed by atoms with E-state index in [1.54, 1.807) is 0 Å². The highest BCUT2D eigenvalue weighted by molar-refractivity contribution is 5.91. The largest absolute Gasteiger partial charge is 0.505 e. The molecule has 0 aromatic heterocycles. The predicted molar refractivity (Wildman–Crippen MR) is 103 cm³/mol. The molecule has 5 nitrogen and oxygen atoms in total. The van der Waals surface area contributed by atoms with E-state index in [9.17, 15) is 14.7 Å². The number of aliphatic hydroxyl groups is 1.